The van der Waals surface area contributed by atoms with Gasteiger partial charge < -0.3 is 0 Å². The molecular weight excluding hydrogens is 256 g/mol. The van der Waals surface area contributed by atoms with E-state index in [-0.39, 0.29) is 0 Å². The molecule has 0 aliphatic rings. The van der Waals surface area contributed by atoms with E-state index in [1.807, 2.05) is 6.33 Å². The third-order valence-electron chi connectivity index (χ3n) is 4.27. The van der Waals surface area contributed by atoms with Gasteiger partial charge in [0.2, 0.25) is 0 Å². The van der Waals surface area contributed by atoms with E-state index in [2.05, 4.69) is 74.6 Å². The molecule has 1 aromatic heterocycles. The van der Waals surface area contributed by atoms with Gasteiger partial charge in [-0.25, -0.2) is 4.57 Å². The third kappa shape index (κ3) is 2.21. The fraction of sp³-hybridized carbons (Fsp3) is 0.263. The predicted octanol–water partition coefficient (Wildman–Crippen LogP) is 3.96. The van der Waals surface area contributed by atoms with Crippen LogP contribution in [0.3, 0.4) is 0 Å². The van der Waals surface area contributed by atoms with Crippen molar-refractivity contribution in [1.29, 1.82) is 0 Å². The van der Waals surface area contributed by atoms with E-state index in [0.717, 1.165) is 5.52 Å². The van der Waals surface area contributed by atoms with E-state index in [0.29, 0.717) is 0 Å². The Hall–Kier alpha value is -2.22. The summed E-state index contributed by atoms with van der Waals surface area (Å²) in [5.74, 6) is 0. The Bertz CT molecular complexity index is 848. The monoisotopic (exact) mass is 277 g/mol. The molecule has 0 aliphatic carbocycles. The molecule has 0 fully saturated rings. The van der Waals surface area contributed by atoms with Gasteiger partial charge >= 0.3 is 0 Å². The minimum atomic E-state index is 1.09. The summed E-state index contributed by atoms with van der Waals surface area (Å²) >= 11 is 0. The van der Waals surface area contributed by atoms with Crippen molar-refractivity contribution in [2.45, 2.75) is 27.7 Å². The molecule has 3 aromatic rings. The van der Waals surface area contributed by atoms with Gasteiger partial charge in [0.15, 0.2) is 5.52 Å². The fourth-order valence-corrected chi connectivity index (χ4v) is 3.03. The molecule has 2 nitrogen and oxygen atoms in total. The second-order valence-electron chi connectivity index (χ2n) is 5.93. The van der Waals surface area contributed by atoms with Gasteiger partial charge in [-0.1, -0.05) is 23.8 Å². The Balaban J connectivity index is 2.46. The van der Waals surface area contributed by atoms with Crippen LogP contribution in [0.25, 0.3) is 22.2 Å². The zero-order valence-electron chi connectivity index (χ0n) is 13.4. The maximum absolute atomic E-state index is 4.60. The van der Waals surface area contributed by atoms with Gasteiger partial charge in [-0.05, 0) is 55.9 Å². The SMILES string of the molecule is Cc1cc(C)c(C)c(-c2c3cccc(C)c3nc[n+]2C)c1. The van der Waals surface area contributed by atoms with Crippen LogP contribution in [-0.2, 0) is 7.05 Å². The van der Waals surface area contributed by atoms with Gasteiger partial charge in [-0.2, -0.15) is 0 Å². The Labute approximate surface area is 126 Å². The van der Waals surface area contributed by atoms with Crippen LogP contribution in [0.5, 0.6) is 0 Å². The van der Waals surface area contributed by atoms with Crippen LogP contribution in [0.2, 0.25) is 0 Å². The lowest BCUT2D eigenvalue weighted by molar-refractivity contribution is -0.662. The van der Waals surface area contributed by atoms with Crippen LogP contribution >= 0.6 is 0 Å². The van der Waals surface area contributed by atoms with Crippen molar-refractivity contribution in [3.63, 3.8) is 0 Å². The van der Waals surface area contributed by atoms with E-state index in [4.69, 9.17) is 0 Å². The molecule has 0 bridgehead atoms. The van der Waals surface area contributed by atoms with Gasteiger partial charge in [0.25, 0.3) is 6.33 Å². The first-order valence-corrected chi connectivity index (χ1v) is 7.31. The lowest BCUT2D eigenvalue weighted by Crippen LogP contribution is -2.32. The van der Waals surface area contributed by atoms with E-state index in [1.165, 1.54) is 38.9 Å². The summed E-state index contributed by atoms with van der Waals surface area (Å²) in [6, 6.07) is 10.9. The number of fused-ring (bicyclic) bond motifs is 1. The molecule has 2 heteroatoms. The molecule has 0 spiro atoms. The summed E-state index contributed by atoms with van der Waals surface area (Å²) in [5, 5.41) is 1.22. The molecule has 0 amide bonds. The Morgan fingerprint density at radius 1 is 0.952 bits per heavy atom. The molecule has 0 saturated heterocycles. The summed E-state index contributed by atoms with van der Waals surface area (Å²) in [7, 11) is 2.07. The molecule has 2 aromatic carbocycles. The second-order valence-corrected chi connectivity index (χ2v) is 5.93. The third-order valence-corrected chi connectivity index (χ3v) is 4.27. The number of rotatable bonds is 1. The quantitative estimate of drug-likeness (QED) is 0.615. The average Bonchev–Trinajstić information content (AvgIpc) is 2.43. The fourth-order valence-electron chi connectivity index (χ4n) is 3.03. The number of hydrogen-bond donors (Lipinski definition) is 0. The molecule has 21 heavy (non-hydrogen) atoms. The molecular formula is C19H21N2+. The Morgan fingerprint density at radius 3 is 2.48 bits per heavy atom. The van der Waals surface area contributed by atoms with Crippen molar-refractivity contribution >= 4 is 10.9 Å². The van der Waals surface area contributed by atoms with E-state index >= 15 is 0 Å². The van der Waals surface area contributed by atoms with Crippen molar-refractivity contribution in [2.75, 3.05) is 0 Å². The molecule has 0 unspecified atom stereocenters. The van der Waals surface area contributed by atoms with E-state index in [9.17, 15) is 0 Å². The Kier molecular flexibility index (Phi) is 3.25. The zero-order chi connectivity index (χ0) is 15.1. The van der Waals surface area contributed by atoms with Crippen molar-refractivity contribution in [1.82, 2.24) is 4.98 Å². The van der Waals surface area contributed by atoms with Crippen LogP contribution in [0.4, 0.5) is 0 Å². The Morgan fingerprint density at radius 2 is 1.71 bits per heavy atom. The first kappa shape index (κ1) is 13.7. The number of aryl methyl sites for hydroxylation is 4. The molecule has 1 heterocycles. The number of nitrogens with zero attached hydrogens (tertiary/aromatic N) is 2. The summed E-state index contributed by atoms with van der Waals surface area (Å²) in [4.78, 5) is 4.60. The number of benzene rings is 2. The van der Waals surface area contributed by atoms with Crippen molar-refractivity contribution < 1.29 is 4.57 Å². The number of hydrogen-bond acceptors (Lipinski definition) is 1. The standard InChI is InChI=1S/C19H21N2/c1-12-9-14(3)15(4)17(10-12)19-16-8-6-7-13(2)18(16)20-11-21(19)5/h6-11H,1-5H3/q+1. The van der Waals surface area contributed by atoms with E-state index < -0.39 is 0 Å². The molecule has 0 aliphatic heterocycles. The van der Waals surface area contributed by atoms with Crippen molar-refractivity contribution in [3.8, 4) is 11.3 Å². The highest BCUT2D eigenvalue weighted by Crippen LogP contribution is 2.30. The summed E-state index contributed by atoms with van der Waals surface area (Å²) < 4.78 is 2.13. The topological polar surface area (TPSA) is 16.8 Å². The highest BCUT2D eigenvalue weighted by molar-refractivity contribution is 5.93. The number of para-hydroxylation sites is 1. The lowest BCUT2D eigenvalue weighted by Gasteiger charge is -2.12. The summed E-state index contributed by atoms with van der Waals surface area (Å²) in [6.07, 6.45) is 1.92. The van der Waals surface area contributed by atoms with Crippen LogP contribution < -0.4 is 4.57 Å². The number of aromatic nitrogens is 2. The first-order chi connectivity index (χ1) is 9.99. The summed E-state index contributed by atoms with van der Waals surface area (Å²) in [6.45, 7) is 8.66. The highest BCUT2D eigenvalue weighted by atomic mass is 15.0. The maximum Gasteiger partial charge on any atom is 0.287 e. The zero-order valence-corrected chi connectivity index (χ0v) is 13.4. The van der Waals surface area contributed by atoms with Gasteiger partial charge in [-0.15, -0.1) is 0 Å². The largest absolute Gasteiger partial charge is 0.287 e. The predicted molar refractivity (Wildman–Crippen MR) is 87.3 cm³/mol. The second kappa shape index (κ2) is 4.96. The van der Waals surface area contributed by atoms with Crippen LogP contribution in [0.15, 0.2) is 36.7 Å². The van der Waals surface area contributed by atoms with Crippen LogP contribution in [-0.4, -0.2) is 4.98 Å². The molecule has 3 rings (SSSR count). The minimum Gasteiger partial charge on any atom is -0.232 e. The maximum atomic E-state index is 4.60. The van der Waals surface area contributed by atoms with E-state index in [1.54, 1.807) is 0 Å². The van der Waals surface area contributed by atoms with Gasteiger partial charge in [0.1, 0.15) is 5.69 Å². The smallest absolute Gasteiger partial charge is 0.232 e. The molecule has 0 saturated carbocycles. The highest BCUT2D eigenvalue weighted by Gasteiger charge is 2.18. The van der Waals surface area contributed by atoms with Crippen molar-refractivity contribution in [3.05, 3.63) is 58.9 Å². The lowest BCUT2D eigenvalue weighted by atomic mass is 9.95. The van der Waals surface area contributed by atoms with Crippen molar-refractivity contribution in [2.24, 2.45) is 7.05 Å². The minimum absolute atomic E-state index is 1.09. The van der Waals surface area contributed by atoms with Gasteiger partial charge in [-0.3, -0.25) is 0 Å². The molecule has 106 valence electrons. The molecule has 0 N–H and O–H groups in total. The van der Waals surface area contributed by atoms with Crippen LogP contribution in [0, 0.1) is 27.7 Å². The molecule has 0 radical (unpaired) electrons. The normalized spacial score (nSPS) is 11.1. The van der Waals surface area contributed by atoms with Gasteiger partial charge in [0.05, 0.1) is 12.4 Å². The first-order valence-electron chi connectivity index (χ1n) is 7.31. The van der Waals surface area contributed by atoms with Gasteiger partial charge in [0, 0.05) is 11.1 Å². The van der Waals surface area contributed by atoms with Crippen LogP contribution in [0.1, 0.15) is 22.3 Å². The average molecular weight is 277 g/mol. The molecule has 0 atom stereocenters. The summed E-state index contributed by atoms with van der Waals surface area (Å²) in [5.41, 5.74) is 8.82.